The number of hydrogen-bond acceptors (Lipinski definition) is 8. The van der Waals surface area contributed by atoms with Crippen molar-refractivity contribution in [3.05, 3.63) is 198 Å². The highest BCUT2D eigenvalue weighted by Gasteiger charge is 2.25. The Balaban J connectivity index is 1.39. The lowest BCUT2D eigenvalue weighted by Gasteiger charge is -2.23. The molecule has 8 nitrogen and oxygen atoms in total. The number of methoxy groups -OCH3 is 6. The van der Waals surface area contributed by atoms with Gasteiger partial charge in [-0.15, -0.1) is 0 Å². The first kappa shape index (κ1) is 52.0. The van der Waals surface area contributed by atoms with Crippen molar-refractivity contribution in [1.82, 2.24) is 0 Å². The summed E-state index contributed by atoms with van der Waals surface area (Å²) in [6.45, 7) is 17.2. The van der Waals surface area contributed by atoms with Gasteiger partial charge in [0.1, 0.15) is 23.0 Å². The topological polar surface area (TPSA) is 89.5 Å². The van der Waals surface area contributed by atoms with E-state index in [2.05, 4.69) is 140 Å². The molecule has 378 valence electrons. The van der Waals surface area contributed by atoms with Gasteiger partial charge in [-0.05, 0) is 162 Å². The fourth-order valence-electron chi connectivity index (χ4n) is 10.6. The number of aryl methyl sites for hydroxylation is 2. The minimum atomic E-state index is -0.380. The van der Waals surface area contributed by atoms with Gasteiger partial charge in [-0.1, -0.05) is 113 Å². The zero-order valence-corrected chi connectivity index (χ0v) is 45.2. The maximum atomic E-state index is 13.2. The molecule has 0 aromatic heterocycles. The third-order valence-electron chi connectivity index (χ3n) is 14.1. The summed E-state index contributed by atoms with van der Waals surface area (Å²) in [5, 5.41) is 0. The highest BCUT2D eigenvalue weighted by Crippen LogP contribution is 2.42. The molecule has 0 aliphatic heterocycles. The molecule has 0 fully saturated rings. The van der Waals surface area contributed by atoms with E-state index >= 15 is 0 Å². The van der Waals surface area contributed by atoms with Crippen LogP contribution in [0.5, 0.6) is 23.0 Å². The standard InChI is InChI=1S/C65H70O8/c1-38-19-46-31-47-20-39(2)22-49(59(47)69-10)33-53-28-43(45-30-55(63(67)73-14)37-57(35-45)65(6,7)8)26-51(61(53)71-12)24-41-17-15-40(16-18-41)23-50-25-42(27-52(60(50)70-11)32-48(21-38)58(46)68-9)44-29-54(62(66)72-13)36-56(34-44)64(3,4)5/h15-22,25-30,34-37H,23-24,31-33H2,1-14H3. The first-order valence-corrected chi connectivity index (χ1v) is 25.0. The molecule has 0 amide bonds. The second kappa shape index (κ2) is 21.0. The monoisotopic (exact) mass is 979 g/mol. The molecule has 0 N–H and O–H groups in total. The average molecular weight is 979 g/mol. The number of benzene rings is 7. The molecule has 7 aromatic carbocycles. The van der Waals surface area contributed by atoms with Crippen LogP contribution in [0.2, 0.25) is 0 Å². The van der Waals surface area contributed by atoms with Crippen LogP contribution < -0.4 is 18.9 Å². The van der Waals surface area contributed by atoms with Crippen molar-refractivity contribution < 1.29 is 38.0 Å². The van der Waals surface area contributed by atoms with E-state index in [1.165, 1.54) is 14.2 Å². The van der Waals surface area contributed by atoms with Crippen molar-refractivity contribution in [3.8, 4) is 45.3 Å². The SMILES string of the molecule is COC(=O)c1cc(-c2cc3c(OC)c(c2)Cc2cc(C)cc(c2OC)Cc2cc(C)cc(c2OC)Cc2cc(-c4cc(C(=O)OC)cc(C(C)(C)C)c4)cc(c2OC)Cc2ccc(cc2)C3)cc(C(C)(C)C)c1. The van der Waals surface area contributed by atoms with Crippen molar-refractivity contribution in [1.29, 1.82) is 0 Å². The Kier molecular flexibility index (Phi) is 15.0. The van der Waals surface area contributed by atoms with E-state index in [9.17, 15) is 9.59 Å². The number of hydrogen-bond donors (Lipinski definition) is 0. The quantitative estimate of drug-likeness (QED) is 0.139. The molecule has 2 aliphatic rings. The Labute approximate surface area is 432 Å². The van der Waals surface area contributed by atoms with E-state index in [1.807, 2.05) is 24.3 Å². The summed E-state index contributed by atoms with van der Waals surface area (Å²) in [6.07, 6.45) is 2.79. The summed E-state index contributed by atoms with van der Waals surface area (Å²) in [5.41, 5.74) is 19.0. The van der Waals surface area contributed by atoms with Crippen LogP contribution in [0.3, 0.4) is 0 Å². The summed E-state index contributed by atoms with van der Waals surface area (Å²) in [7, 11) is 9.83. The van der Waals surface area contributed by atoms with Gasteiger partial charge in [-0.2, -0.15) is 0 Å². The predicted octanol–water partition coefficient (Wildman–Crippen LogP) is 14.1. The fourth-order valence-corrected chi connectivity index (χ4v) is 10.6. The maximum Gasteiger partial charge on any atom is 0.337 e. The van der Waals surface area contributed by atoms with Gasteiger partial charge in [0.25, 0.3) is 0 Å². The smallest absolute Gasteiger partial charge is 0.337 e. The molecule has 8 heteroatoms. The predicted molar refractivity (Wildman–Crippen MR) is 293 cm³/mol. The number of rotatable bonds is 8. The summed E-state index contributed by atoms with van der Waals surface area (Å²) in [5.74, 6) is 2.44. The zero-order chi connectivity index (χ0) is 52.5. The van der Waals surface area contributed by atoms with Crippen LogP contribution in [-0.2, 0) is 52.4 Å². The van der Waals surface area contributed by atoms with E-state index in [4.69, 9.17) is 28.4 Å². The van der Waals surface area contributed by atoms with E-state index < -0.39 is 0 Å². The molecule has 0 unspecified atom stereocenters. The van der Waals surface area contributed by atoms with Crippen LogP contribution in [0, 0.1) is 13.8 Å². The zero-order valence-electron chi connectivity index (χ0n) is 45.2. The molecule has 0 saturated carbocycles. The minimum absolute atomic E-state index is 0.234. The third-order valence-corrected chi connectivity index (χ3v) is 14.1. The Hall–Kier alpha value is -7.32. The van der Waals surface area contributed by atoms with Crippen LogP contribution in [0.4, 0.5) is 0 Å². The van der Waals surface area contributed by atoms with Gasteiger partial charge in [0.2, 0.25) is 0 Å². The van der Waals surface area contributed by atoms with E-state index in [1.54, 1.807) is 28.4 Å². The highest BCUT2D eigenvalue weighted by molar-refractivity contribution is 5.92. The van der Waals surface area contributed by atoms with Gasteiger partial charge < -0.3 is 28.4 Å². The van der Waals surface area contributed by atoms with Gasteiger partial charge in [0.05, 0.1) is 53.8 Å². The summed E-state index contributed by atoms with van der Waals surface area (Å²) in [6, 6.07) is 38.5. The molecule has 7 aromatic rings. The number of fused-ring (bicyclic) bond motifs is 2. The molecule has 10 bridgehead atoms. The first-order valence-electron chi connectivity index (χ1n) is 25.0. The summed E-state index contributed by atoms with van der Waals surface area (Å²) >= 11 is 0. The number of carbonyl (C=O) groups excluding carboxylic acids is 2. The van der Waals surface area contributed by atoms with Crippen LogP contribution in [0.1, 0.15) is 140 Å². The maximum absolute atomic E-state index is 13.2. The van der Waals surface area contributed by atoms with E-state index in [0.29, 0.717) is 43.2 Å². The molecular weight excluding hydrogens is 909 g/mol. The van der Waals surface area contributed by atoms with Crippen molar-refractivity contribution in [2.24, 2.45) is 0 Å². The lowest BCUT2D eigenvalue weighted by molar-refractivity contribution is 0.0591. The number of esters is 2. The lowest BCUT2D eigenvalue weighted by Crippen LogP contribution is -2.13. The van der Waals surface area contributed by atoms with Crippen LogP contribution in [0.25, 0.3) is 22.3 Å². The second-order valence-electron chi connectivity index (χ2n) is 21.7. The molecular formula is C65H70O8. The number of ether oxygens (including phenoxy) is 6. The van der Waals surface area contributed by atoms with Gasteiger partial charge in [-0.3, -0.25) is 0 Å². The highest BCUT2D eigenvalue weighted by atomic mass is 16.5. The van der Waals surface area contributed by atoms with Gasteiger partial charge in [-0.25, -0.2) is 9.59 Å². The second-order valence-corrected chi connectivity index (χ2v) is 21.7. The van der Waals surface area contributed by atoms with E-state index in [-0.39, 0.29) is 22.8 Å². The molecule has 0 heterocycles. The Morgan fingerprint density at radius 2 is 0.616 bits per heavy atom. The van der Waals surface area contributed by atoms with Crippen molar-refractivity contribution >= 4 is 11.9 Å². The normalized spacial score (nSPS) is 12.6. The Morgan fingerprint density at radius 3 is 0.877 bits per heavy atom. The summed E-state index contributed by atoms with van der Waals surface area (Å²) < 4.78 is 36.2. The summed E-state index contributed by atoms with van der Waals surface area (Å²) in [4.78, 5) is 26.4. The first-order chi connectivity index (χ1) is 34.7. The number of carbonyl (C=O) groups is 2. The van der Waals surface area contributed by atoms with Crippen LogP contribution in [-0.4, -0.2) is 54.6 Å². The van der Waals surface area contributed by atoms with Crippen molar-refractivity contribution in [2.75, 3.05) is 42.7 Å². The molecule has 9 rings (SSSR count). The minimum Gasteiger partial charge on any atom is -0.496 e. The fraction of sp³-hybridized carbons (Fsp3) is 0.323. The third kappa shape index (κ3) is 11.2. The largest absolute Gasteiger partial charge is 0.496 e. The molecule has 0 spiro atoms. The average Bonchev–Trinajstić information content (AvgIpc) is 3.35. The van der Waals surface area contributed by atoms with Crippen LogP contribution in [0.15, 0.2) is 109 Å². The molecule has 2 aliphatic carbocycles. The van der Waals surface area contributed by atoms with Gasteiger partial charge in [0.15, 0.2) is 0 Å². The lowest BCUT2D eigenvalue weighted by atomic mass is 9.83. The van der Waals surface area contributed by atoms with Crippen molar-refractivity contribution in [3.63, 3.8) is 0 Å². The van der Waals surface area contributed by atoms with Gasteiger partial charge >= 0.3 is 11.9 Å². The van der Waals surface area contributed by atoms with Gasteiger partial charge in [0, 0.05) is 32.1 Å². The molecule has 0 radical (unpaired) electrons. The van der Waals surface area contributed by atoms with E-state index in [0.717, 1.165) is 123 Å². The van der Waals surface area contributed by atoms with Crippen LogP contribution >= 0.6 is 0 Å². The Morgan fingerprint density at radius 1 is 0.356 bits per heavy atom. The molecule has 0 saturated heterocycles. The Bertz CT molecular complexity index is 3020. The molecule has 0 atom stereocenters. The molecule has 73 heavy (non-hydrogen) atoms. The van der Waals surface area contributed by atoms with Crippen molar-refractivity contribution in [2.45, 2.75) is 98.3 Å².